The highest BCUT2D eigenvalue weighted by atomic mass is 16.1. The molecule has 0 heterocycles. The van der Waals surface area contributed by atoms with Crippen LogP contribution < -0.4 is 10.6 Å². The van der Waals surface area contributed by atoms with E-state index in [2.05, 4.69) is 31.4 Å². The lowest BCUT2D eigenvalue weighted by atomic mass is 9.69. The fraction of sp³-hybridized carbons (Fsp3) is 0.938. The van der Waals surface area contributed by atoms with E-state index in [1.807, 2.05) is 0 Å². The van der Waals surface area contributed by atoms with Crippen LogP contribution in [-0.2, 0) is 4.79 Å². The predicted molar refractivity (Wildman–Crippen MR) is 79.0 cm³/mol. The minimum atomic E-state index is 0.231. The van der Waals surface area contributed by atoms with Crippen LogP contribution in [0.15, 0.2) is 0 Å². The summed E-state index contributed by atoms with van der Waals surface area (Å²) in [4.78, 5) is 12.0. The fourth-order valence-electron chi connectivity index (χ4n) is 3.30. The molecule has 2 rings (SSSR count). The molecule has 2 fully saturated rings. The maximum Gasteiger partial charge on any atom is 0.221 e. The van der Waals surface area contributed by atoms with Gasteiger partial charge in [0.2, 0.25) is 5.91 Å². The first-order valence-corrected chi connectivity index (χ1v) is 7.99. The van der Waals surface area contributed by atoms with Gasteiger partial charge in [-0.05, 0) is 37.0 Å². The summed E-state index contributed by atoms with van der Waals surface area (Å²) in [5.41, 5.74) is 0.296. The molecule has 2 aliphatic rings. The first kappa shape index (κ1) is 14.8. The van der Waals surface area contributed by atoms with Crippen molar-refractivity contribution in [1.82, 2.24) is 10.6 Å². The summed E-state index contributed by atoms with van der Waals surface area (Å²) in [7, 11) is 0. The second kappa shape index (κ2) is 6.25. The van der Waals surface area contributed by atoms with Crippen LogP contribution in [0.4, 0.5) is 0 Å². The zero-order valence-electron chi connectivity index (χ0n) is 12.8. The standard InChI is InChI=1S/C16H30N2O/c1-16(2,3)13-6-4-5-7-14(13)18-15(19)10-11-17-12-8-9-12/h12-14,17H,4-11H2,1-3H3,(H,18,19). The van der Waals surface area contributed by atoms with Gasteiger partial charge in [0.05, 0.1) is 0 Å². The minimum Gasteiger partial charge on any atom is -0.353 e. The van der Waals surface area contributed by atoms with Crippen LogP contribution >= 0.6 is 0 Å². The summed E-state index contributed by atoms with van der Waals surface area (Å²) in [5, 5.41) is 6.70. The van der Waals surface area contributed by atoms with Gasteiger partial charge < -0.3 is 10.6 Å². The zero-order valence-corrected chi connectivity index (χ0v) is 12.8. The van der Waals surface area contributed by atoms with E-state index in [1.54, 1.807) is 0 Å². The molecular formula is C16H30N2O. The van der Waals surface area contributed by atoms with E-state index in [4.69, 9.17) is 0 Å². The van der Waals surface area contributed by atoms with Crippen LogP contribution in [0.25, 0.3) is 0 Å². The molecule has 2 aliphatic carbocycles. The molecule has 3 heteroatoms. The summed E-state index contributed by atoms with van der Waals surface area (Å²) in [6.07, 6.45) is 8.20. The number of hydrogen-bond donors (Lipinski definition) is 2. The molecule has 2 N–H and O–H groups in total. The van der Waals surface area contributed by atoms with Gasteiger partial charge in [-0.15, -0.1) is 0 Å². The Labute approximate surface area is 117 Å². The lowest BCUT2D eigenvalue weighted by Gasteiger charge is -2.40. The van der Waals surface area contributed by atoms with E-state index >= 15 is 0 Å². The first-order valence-electron chi connectivity index (χ1n) is 7.99. The number of rotatable bonds is 5. The van der Waals surface area contributed by atoms with Crippen LogP contribution in [0, 0.1) is 11.3 Å². The second-order valence-electron chi connectivity index (χ2n) is 7.41. The van der Waals surface area contributed by atoms with Crippen molar-refractivity contribution in [1.29, 1.82) is 0 Å². The molecule has 2 atom stereocenters. The van der Waals surface area contributed by atoms with Crippen LogP contribution in [0.3, 0.4) is 0 Å². The predicted octanol–water partition coefficient (Wildman–Crippen LogP) is 2.85. The minimum absolute atomic E-state index is 0.231. The van der Waals surface area contributed by atoms with Crippen molar-refractivity contribution in [2.24, 2.45) is 11.3 Å². The van der Waals surface area contributed by atoms with Gasteiger partial charge in [-0.3, -0.25) is 4.79 Å². The third kappa shape index (κ3) is 4.79. The Hall–Kier alpha value is -0.570. The quantitative estimate of drug-likeness (QED) is 0.803. The zero-order chi connectivity index (χ0) is 13.9. The van der Waals surface area contributed by atoms with E-state index in [1.165, 1.54) is 32.1 Å². The SMILES string of the molecule is CC(C)(C)C1CCCCC1NC(=O)CCNC1CC1. The largest absolute Gasteiger partial charge is 0.353 e. The highest BCUT2D eigenvalue weighted by molar-refractivity contribution is 5.76. The Bertz CT molecular complexity index is 304. The lowest BCUT2D eigenvalue weighted by molar-refractivity contribution is -0.122. The third-order valence-corrected chi connectivity index (χ3v) is 4.59. The van der Waals surface area contributed by atoms with Gasteiger partial charge in [0.15, 0.2) is 0 Å². The van der Waals surface area contributed by atoms with Crippen molar-refractivity contribution in [3.05, 3.63) is 0 Å². The first-order chi connectivity index (χ1) is 8.97. The molecule has 0 bridgehead atoms. The maximum atomic E-state index is 12.0. The fourth-order valence-corrected chi connectivity index (χ4v) is 3.30. The van der Waals surface area contributed by atoms with Gasteiger partial charge in [-0.1, -0.05) is 33.6 Å². The molecule has 0 aliphatic heterocycles. The van der Waals surface area contributed by atoms with Crippen molar-refractivity contribution in [2.75, 3.05) is 6.54 Å². The van der Waals surface area contributed by atoms with E-state index in [0.29, 0.717) is 29.8 Å². The van der Waals surface area contributed by atoms with E-state index in [0.717, 1.165) is 13.0 Å². The molecule has 2 saturated carbocycles. The van der Waals surface area contributed by atoms with Crippen LogP contribution in [0.1, 0.15) is 65.7 Å². The van der Waals surface area contributed by atoms with E-state index < -0.39 is 0 Å². The van der Waals surface area contributed by atoms with Crippen LogP contribution in [0.5, 0.6) is 0 Å². The van der Waals surface area contributed by atoms with Gasteiger partial charge in [-0.2, -0.15) is 0 Å². The number of nitrogens with one attached hydrogen (secondary N) is 2. The van der Waals surface area contributed by atoms with Crippen LogP contribution in [0.2, 0.25) is 0 Å². The normalized spacial score (nSPS) is 28.2. The summed E-state index contributed by atoms with van der Waals surface area (Å²) >= 11 is 0. The third-order valence-electron chi connectivity index (χ3n) is 4.59. The van der Waals surface area contributed by atoms with Gasteiger partial charge >= 0.3 is 0 Å². The summed E-state index contributed by atoms with van der Waals surface area (Å²) < 4.78 is 0. The number of hydrogen-bond acceptors (Lipinski definition) is 2. The smallest absolute Gasteiger partial charge is 0.221 e. The summed E-state index contributed by atoms with van der Waals surface area (Å²) in [5.74, 6) is 0.857. The second-order valence-corrected chi connectivity index (χ2v) is 7.41. The molecule has 0 aromatic carbocycles. The molecule has 0 saturated heterocycles. The molecule has 0 aromatic heterocycles. The number of carbonyl (C=O) groups is 1. The number of amides is 1. The van der Waals surface area contributed by atoms with E-state index in [9.17, 15) is 4.79 Å². The Balaban J connectivity index is 1.75. The maximum absolute atomic E-state index is 12.0. The lowest BCUT2D eigenvalue weighted by Crippen LogP contribution is -2.47. The Morgan fingerprint density at radius 2 is 1.79 bits per heavy atom. The molecule has 2 unspecified atom stereocenters. The van der Waals surface area contributed by atoms with Gasteiger partial charge in [0.1, 0.15) is 0 Å². The van der Waals surface area contributed by atoms with Crippen LogP contribution in [-0.4, -0.2) is 24.5 Å². The monoisotopic (exact) mass is 266 g/mol. The topological polar surface area (TPSA) is 41.1 Å². The van der Waals surface area contributed by atoms with Crippen molar-refractivity contribution >= 4 is 5.91 Å². The van der Waals surface area contributed by atoms with Gasteiger partial charge in [0, 0.05) is 25.0 Å². The average molecular weight is 266 g/mol. The van der Waals surface area contributed by atoms with Crippen molar-refractivity contribution in [3.63, 3.8) is 0 Å². The molecule has 1 amide bonds. The Kier molecular flexibility index (Phi) is 4.88. The van der Waals surface area contributed by atoms with Crippen molar-refractivity contribution < 1.29 is 4.79 Å². The highest BCUT2D eigenvalue weighted by Crippen LogP contribution is 2.37. The summed E-state index contributed by atoms with van der Waals surface area (Å²) in [6, 6.07) is 1.09. The molecular weight excluding hydrogens is 236 g/mol. The molecule has 19 heavy (non-hydrogen) atoms. The van der Waals surface area contributed by atoms with E-state index in [-0.39, 0.29) is 5.91 Å². The summed E-state index contributed by atoms with van der Waals surface area (Å²) in [6.45, 7) is 7.74. The highest BCUT2D eigenvalue weighted by Gasteiger charge is 2.34. The molecule has 3 nitrogen and oxygen atoms in total. The Morgan fingerprint density at radius 3 is 2.42 bits per heavy atom. The molecule has 110 valence electrons. The number of carbonyl (C=O) groups excluding carboxylic acids is 1. The molecule has 0 spiro atoms. The van der Waals surface area contributed by atoms with Crippen molar-refractivity contribution in [3.8, 4) is 0 Å². The Morgan fingerprint density at radius 1 is 1.11 bits per heavy atom. The van der Waals surface area contributed by atoms with Gasteiger partial charge in [-0.25, -0.2) is 0 Å². The van der Waals surface area contributed by atoms with Crippen molar-refractivity contribution in [2.45, 2.75) is 77.8 Å². The molecule has 0 aromatic rings. The molecule has 0 radical (unpaired) electrons. The van der Waals surface area contributed by atoms with Gasteiger partial charge in [0.25, 0.3) is 0 Å². The average Bonchev–Trinajstić information content (AvgIpc) is 3.12.